The molecule has 2 fully saturated rings. The SMILES string of the molecule is CN(C)CC1CC(O)CN1C(=O)CC1CNCCO1. The minimum atomic E-state index is -0.390. The van der Waals surface area contributed by atoms with Crippen LogP contribution in [0, 0.1) is 0 Å². The number of hydrogen-bond acceptors (Lipinski definition) is 5. The highest BCUT2D eigenvalue weighted by atomic mass is 16.5. The summed E-state index contributed by atoms with van der Waals surface area (Å²) in [4.78, 5) is 16.2. The van der Waals surface area contributed by atoms with Crippen molar-refractivity contribution in [1.82, 2.24) is 15.1 Å². The standard InChI is InChI=1S/C13H25N3O3/c1-15(2)8-10-5-11(17)9-16(10)13(18)6-12-7-14-3-4-19-12/h10-12,14,17H,3-9H2,1-2H3. The maximum absolute atomic E-state index is 12.3. The first kappa shape index (κ1) is 14.7. The van der Waals surface area contributed by atoms with Crippen LogP contribution in [0.2, 0.25) is 0 Å². The molecule has 1 amide bonds. The lowest BCUT2D eigenvalue weighted by atomic mass is 10.1. The highest BCUT2D eigenvalue weighted by Crippen LogP contribution is 2.20. The van der Waals surface area contributed by atoms with E-state index in [1.807, 2.05) is 19.0 Å². The molecule has 19 heavy (non-hydrogen) atoms. The molecule has 0 saturated carbocycles. The van der Waals surface area contributed by atoms with Crippen molar-refractivity contribution in [2.24, 2.45) is 0 Å². The molecule has 2 saturated heterocycles. The Bertz CT molecular complexity index is 306. The van der Waals surface area contributed by atoms with E-state index in [-0.39, 0.29) is 24.2 Å². The van der Waals surface area contributed by atoms with Crippen LogP contribution in [0.3, 0.4) is 0 Å². The molecule has 2 N–H and O–H groups in total. The second-order valence-electron chi connectivity index (χ2n) is 5.75. The lowest BCUT2D eigenvalue weighted by Gasteiger charge is -2.29. The normalized spacial score (nSPS) is 32.0. The molecule has 2 aliphatic heterocycles. The maximum atomic E-state index is 12.3. The molecule has 0 aromatic rings. The van der Waals surface area contributed by atoms with Crippen molar-refractivity contribution in [2.75, 3.05) is 46.9 Å². The Morgan fingerprint density at radius 3 is 2.95 bits per heavy atom. The summed E-state index contributed by atoms with van der Waals surface area (Å²) in [6, 6.07) is 0.119. The Morgan fingerprint density at radius 1 is 1.53 bits per heavy atom. The third-order valence-corrected chi connectivity index (χ3v) is 3.70. The lowest BCUT2D eigenvalue weighted by molar-refractivity contribution is -0.136. The van der Waals surface area contributed by atoms with Gasteiger partial charge in [-0.05, 0) is 20.5 Å². The van der Waals surface area contributed by atoms with Crippen LogP contribution in [-0.2, 0) is 9.53 Å². The number of likely N-dealkylation sites (N-methyl/N-ethyl adjacent to an activating group) is 1. The molecule has 0 aromatic carbocycles. The Hall–Kier alpha value is -0.690. The van der Waals surface area contributed by atoms with Gasteiger partial charge in [0.15, 0.2) is 0 Å². The molecule has 6 heteroatoms. The minimum absolute atomic E-state index is 0.0287. The van der Waals surface area contributed by atoms with Gasteiger partial charge in [0.2, 0.25) is 5.91 Å². The second-order valence-corrected chi connectivity index (χ2v) is 5.75. The molecule has 0 bridgehead atoms. The van der Waals surface area contributed by atoms with Crippen LogP contribution < -0.4 is 5.32 Å². The highest BCUT2D eigenvalue weighted by Gasteiger charge is 2.35. The fourth-order valence-corrected chi connectivity index (χ4v) is 2.85. The Labute approximate surface area is 114 Å². The first-order valence-electron chi connectivity index (χ1n) is 7.01. The van der Waals surface area contributed by atoms with Crippen molar-refractivity contribution < 1.29 is 14.6 Å². The number of carbonyl (C=O) groups excluding carboxylic acids is 1. The number of β-amino-alcohol motifs (C(OH)–C–C–N with tert-alkyl or cyclic N) is 1. The van der Waals surface area contributed by atoms with E-state index in [4.69, 9.17) is 4.74 Å². The van der Waals surface area contributed by atoms with Crippen molar-refractivity contribution in [3.05, 3.63) is 0 Å². The van der Waals surface area contributed by atoms with E-state index in [2.05, 4.69) is 10.2 Å². The first-order chi connectivity index (χ1) is 9.06. The van der Waals surface area contributed by atoms with Gasteiger partial charge >= 0.3 is 0 Å². The number of likely N-dealkylation sites (tertiary alicyclic amines) is 1. The van der Waals surface area contributed by atoms with Gasteiger partial charge in [-0.1, -0.05) is 0 Å². The van der Waals surface area contributed by atoms with Crippen molar-refractivity contribution in [3.8, 4) is 0 Å². The summed E-state index contributed by atoms with van der Waals surface area (Å²) in [5, 5.41) is 13.0. The summed E-state index contributed by atoms with van der Waals surface area (Å²) >= 11 is 0. The van der Waals surface area contributed by atoms with Crippen LogP contribution in [0.1, 0.15) is 12.8 Å². The average molecular weight is 271 g/mol. The summed E-state index contributed by atoms with van der Waals surface area (Å²) in [5.74, 6) is 0.0945. The van der Waals surface area contributed by atoms with Crippen LogP contribution in [0.25, 0.3) is 0 Å². The third-order valence-electron chi connectivity index (χ3n) is 3.70. The number of amides is 1. The van der Waals surface area contributed by atoms with E-state index < -0.39 is 0 Å². The maximum Gasteiger partial charge on any atom is 0.225 e. The number of ether oxygens (including phenoxy) is 1. The quantitative estimate of drug-likeness (QED) is 0.679. The van der Waals surface area contributed by atoms with Gasteiger partial charge in [0.25, 0.3) is 0 Å². The number of hydrogen-bond donors (Lipinski definition) is 2. The van der Waals surface area contributed by atoms with E-state index in [0.29, 0.717) is 26.0 Å². The van der Waals surface area contributed by atoms with Crippen LogP contribution in [0.4, 0.5) is 0 Å². The average Bonchev–Trinajstić information content (AvgIpc) is 2.70. The Balaban J connectivity index is 1.88. The molecule has 3 atom stereocenters. The van der Waals surface area contributed by atoms with Gasteiger partial charge in [0.1, 0.15) is 0 Å². The topological polar surface area (TPSA) is 65.0 Å². The van der Waals surface area contributed by atoms with E-state index in [9.17, 15) is 9.90 Å². The zero-order valence-electron chi connectivity index (χ0n) is 11.8. The smallest absolute Gasteiger partial charge is 0.225 e. The number of rotatable bonds is 4. The van der Waals surface area contributed by atoms with E-state index in [1.165, 1.54) is 0 Å². The molecule has 0 spiro atoms. The fraction of sp³-hybridized carbons (Fsp3) is 0.923. The highest BCUT2D eigenvalue weighted by molar-refractivity contribution is 5.77. The van der Waals surface area contributed by atoms with Crippen molar-refractivity contribution in [2.45, 2.75) is 31.1 Å². The van der Waals surface area contributed by atoms with Crippen molar-refractivity contribution >= 4 is 5.91 Å². The fourth-order valence-electron chi connectivity index (χ4n) is 2.85. The zero-order valence-corrected chi connectivity index (χ0v) is 11.8. The number of nitrogens with one attached hydrogen (secondary N) is 1. The number of nitrogens with zero attached hydrogens (tertiary/aromatic N) is 2. The number of carbonyl (C=O) groups is 1. The Kier molecular flexibility index (Phi) is 5.15. The van der Waals surface area contributed by atoms with Gasteiger partial charge in [-0.15, -0.1) is 0 Å². The first-order valence-corrected chi connectivity index (χ1v) is 7.01. The molecule has 2 heterocycles. The summed E-state index contributed by atoms with van der Waals surface area (Å²) in [7, 11) is 3.98. The molecule has 2 rings (SSSR count). The zero-order chi connectivity index (χ0) is 13.8. The molecule has 110 valence electrons. The third kappa shape index (κ3) is 4.14. The molecular formula is C13H25N3O3. The summed E-state index contributed by atoms with van der Waals surface area (Å²) in [6.45, 7) is 3.52. The molecule has 2 aliphatic rings. The molecule has 3 unspecified atom stereocenters. The van der Waals surface area contributed by atoms with Gasteiger partial charge < -0.3 is 25.0 Å². The van der Waals surface area contributed by atoms with Crippen LogP contribution in [-0.4, -0.2) is 85.9 Å². The Morgan fingerprint density at radius 2 is 2.32 bits per heavy atom. The summed E-state index contributed by atoms with van der Waals surface area (Å²) in [5.41, 5.74) is 0. The van der Waals surface area contributed by atoms with Gasteiger partial charge in [-0.25, -0.2) is 0 Å². The largest absolute Gasteiger partial charge is 0.391 e. The van der Waals surface area contributed by atoms with Gasteiger partial charge in [0, 0.05) is 32.2 Å². The monoisotopic (exact) mass is 271 g/mol. The summed E-state index contributed by atoms with van der Waals surface area (Å²) < 4.78 is 5.57. The van der Waals surface area contributed by atoms with Gasteiger partial charge in [-0.2, -0.15) is 0 Å². The van der Waals surface area contributed by atoms with Gasteiger partial charge in [0.05, 0.1) is 25.2 Å². The van der Waals surface area contributed by atoms with Crippen LogP contribution in [0.15, 0.2) is 0 Å². The number of morpholine rings is 1. The van der Waals surface area contributed by atoms with Crippen molar-refractivity contribution in [3.63, 3.8) is 0 Å². The number of aliphatic hydroxyl groups excluding tert-OH is 1. The lowest BCUT2D eigenvalue weighted by Crippen LogP contribution is -2.45. The molecule has 0 radical (unpaired) electrons. The minimum Gasteiger partial charge on any atom is -0.391 e. The van der Waals surface area contributed by atoms with Crippen molar-refractivity contribution in [1.29, 1.82) is 0 Å². The van der Waals surface area contributed by atoms with E-state index >= 15 is 0 Å². The molecule has 0 aliphatic carbocycles. The van der Waals surface area contributed by atoms with Crippen LogP contribution in [0.5, 0.6) is 0 Å². The van der Waals surface area contributed by atoms with E-state index in [0.717, 1.165) is 19.6 Å². The van der Waals surface area contributed by atoms with Gasteiger partial charge in [-0.3, -0.25) is 4.79 Å². The molecular weight excluding hydrogens is 246 g/mol. The van der Waals surface area contributed by atoms with E-state index in [1.54, 1.807) is 0 Å². The molecule has 0 aromatic heterocycles. The predicted molar refractivity (Wildman–Crippen MR) is 71.9 cm³/mol. The second kappa shape index (κ2) is 6.65. The van der Waals surface area contributed by atoms with Crippen LogP contribution >= 0.6 is 0 Å². The number of aliphatic hydroxyl groups is 1. The molecule has 6 nitrogen and oxygen atoms in total. The predicted octanol–water partition coefficient (Wildman–Crippen LogP) is -1.11. The summed E-state index contributed by atoms with van der Waals surface area (Å²) in [6.07, 6.45) is 0.662.